The molecule has 9 heteroatoms. The Morgan fingerprint density at radius 3 is 2.57 bits per heavy atom. The van der Waals surface area contributed by atoms with Gasteiger partial charge in [0.15, 0.2) is 0 Å². The number of nitrogens with zero attached hydrogens (tertiary/aromatic N) is 4. The number of alkyl halides is 3. The van der Waals surface area contributed by atoms with Gasteiger partial charge in [-0.2, -0.15) is 18.4 Å². The standard InChI is InChI=1S/C21H17F3N4OS/c1-5-14-17(20-27-11(2)10-30-20)16(18(26-3)19(28-14)21(22,23)24)13-7-6-12(9-25)8-15(13)29-4/h6-8,10,16-17H,5H2,1-2,4H3. The maximum atomic E-state index is 13.8. The van der Waals surface area contributed by atoms with Crippen molar-refractivity contribution in [2.75, 3.05) is 7.11 Å². The molecule has 5 nitrogen and oxygen atoms in total. The molecule has 0 saturated heterocycles. The van der Waals surface area contributed by atoms with Crippen molar-refractivity contribution < 1.29 is 17.9 Å². The van der Waals surface area contributed by atoms with Gasteiger partial charge in [-0.05, 0) is 31.0 Å². The van der Waals surface area contributed by atoms with Crippen LogP contribution in [0.4, 0.5) is 13.2 Å². The Kier molecular flexibility index (Phi) is 5.95. The highest BCUT2D eigenvalue weighted by molar-refractivity contribution is 7.09. The van der Waals surface area contributed by atoms with Crippen molar-refractivity contribution in [3.8, 4) is 11.8 Å². The van der Waals surface area contributed by atoms with Crippen LogP contribution in [0, 0.1) is 24.8 Å². The van der Waals surface area contributed by atoms with Crippen LogP contribution in [0.3, 0.4) is 0 Å². The molecule has 1 aromatic carbocycles. The number of hydrogen-bond donors (Lipinski definition) is 0. The largest absolute Gasteiger partial charge is 0.496 e. The summed E-state index contributed by atoms with van der Waals surface area (Å²) in [7, 11) is 1.38. The number of hydrogen-bond acceptors (Lipinski definition) is 5. The molecular formula is C21H17F3N4OS. The van der Waals surface area contributed by atoms with E-state index in [1.54, 1.807) is 19.9 Å². The number of aliphatic imine (C=N–C) groups is 1. The van der Waals surface area contributed by atoms with Crippen LogP contribution in [0.5, 0.6) is 5.75 Å². The average molecular weight is 430 g/mol. The molecule has 1 aliphatic heterocycles. The molecule has 2 atom stereocenters. The molecule has 0 saturated carbocycles. The van der Waals surface area contributed by atoms with Gasteiger partial charge >= 0.3 is 6.18 Å². The number of aromatic nitrogens is 1. The van der Waals surface area contributed by atoms with Gasteiger partial charge in [0.2, 0.25) is 5.70 Å². The first-order valence-corrected chi connectivity index (χ1v) is 9.89. The summed E-state index contributed by atoms with van der Waals surface area (Å²) < 4.78 is 46.8. The van der Waals surface area contributed by atoms with E-state index in [-0.39, 0.29) is 12.2 Å². The summed E-state index contributed by atoms with van der Waals surface area (Å²) in [6, 6.07) is 6.51. The quantitative estimate of drug-likeness (QED) is 0.580. The summed E-state index contributed by atoms with van der Waals surface area (Å²) in [5.41, 5.74) is 0.0621. The molecule has 30 heavy (non-hydrogen) atoms. The van der Waals surface area contributed by atoms with Crippen molar-refractivity contribution >= 4 is 17.0 Å². The van der Waals surface area contributed by atoms with Crippen molar-refractivity contribution in [3.05, 3.63) is 68.2 Å². The lowest BCUT2D eigenvalue weighted by molar-refractivity contribution is -0.0935. The smallest absolute Gasteiger partial charge is 0.423 e. The SMILES string of the molecule is [C-]#[N+]C1=C(C(F)(F)F)N=C(CC)C(c2nc(C)cs2)C1c1ccc(C#N)cc1OC. The van der Waals surface area contributed by atoms with Crippen molar-refractivity contribution in [3.63, 3.8) is 0 Å². The highest BCUT2D eigenvalue weighted by Gasteiger charge is 2.47. The molecule has 0 N–H and O–H groups in total. The fraction of sp³-hybridized carbons (Fsp3) is 0.333. The zero-order valence-electron chi connectivity index (χ0n) is 16.4. The zero-order valence-corrected chi connectivity index (χ0v) is 17.2. The van der Waals surface area contributed by atoms with Gasteiger partial charge in [-0.1, -0.05) is 13.0 Å². The van der Waals surface area contributed by atoms with Crippen molar-refractivity contribution in [1.82, 2.24) is 4.98 Å². The second-order valence-electron chi connectivity index (χ2n) is 6.65. The third kappa shape index (κ3) is 3.81. The van der Waals surface area contributed by atoms with Gasteiger partial charge < -0.3 is 4.74 Å². The number of ether oxygens (including phenoxy) is 1. The number of rotatable bonds is 4. The third-order valence-electron chi connectivity index (χ3n) is 4.84. The summed E-state index contributed by atoms with van der Waals surface area (Å²) in [6.45, 7) is 11.1. The van der Waals surface area contributed by atoms with E-state index in [1.165, 1.54) is 30.6 Å². The Bertz CT molecular complexity index is 1120. The van der Waals surface area contributed by atoms with E-state index in [2.05, 4.69) is 14.8 Å². The van der Waals surface area contributed by atoms with E-state index < -0.39 is 29.4 Å². The number of nitriles is 1. The fourth-order valence-electron chi connectivity index (χ4n) is 3.56. The number of aryl methyl sites for hydroxylation is 1. The third-order valence-corrected chi connectivity index (χ3v) is 5.88. The predicted molar refractivity (Wildman–Crippen MR) is 107 cm³/mol. The summed E-state index contributed by atoms with van der Waals surface area (Å²) in [5.74, 6) is -1.37. The lowest BCUT2D eigenvalue weighted by Gasteiger charge is -2.32. The Balaban J connectivity index is 2.36. The van der Waals surface area contributed by atoms with Crippen LogP contribution in [0.15, 0.2) is 40.0 Å². The first kappa shape index (κ1) is 21.5. The fourth-order valence-corrected chi connectivity index (χ4v) is 4.52. The number of benzene rings is 1. The number of methoxy groups -OCH3 is 1. The van der Waals surface area contributed by atoms with Gasteiger partial charge in [0.05, 0.1) is 31.2 Å². The Morgan fingerprint density at radius 2 is 2.07 bits per heavy atom. The lowest BCUT2D eigenvalue weighted by Crippen LogP contribution is -2.29. The monoisotopic (exact) mass is 430 g/mol. The van der Waals surface area contributed by atoms with Gasteiger partial charge in [-0.15, -0.1) is 11.3 Å². The second kappa shape index (κ2) is 8.29. The topological polar surface area (TPSA) is 62.6 Å². The van der Waals surface area contributed by atoms with Crippen LogP contribution in [0.2, 0.25) is 0 Å². The molecule has 0 amide bonds. The van der Waals surface area contributed by atoms with Crippen LogP contribution in [-0.4, -0.2) is 24.0 Å². The Labute approximate surface area is 176 Å². The molecule has 0 aliphatic carbocycles. The van der Waals surface area contributed by atoms with Crippen LogP contribution >= 0.6 is 11.3 Å². The molecule has 0 radical (unpaired) electrons. The summed E-state index contributed by atoms with van der Waals surface area (Å²) in [4.78, 5) is 11.7. The minimum absolute atomic E-state index is 0.248. The first-order chi connectivity index (χ1) is 14.2. The van der Waals surface area contributed by atoms with Crippen LogP contribution in [0.25, 0.3) is 4.85 Å². The summed E-state index contributed by atoms with van der Waals surface area (Å²) >= 11 is 1.32. The first-order valence-electron chi connectivity index (χ1n) is 9.01. The van der Waals surface area contributed by atoms with E-state index in [9.17, 15) is 18.4 Å². The number of thiazole rings is 1. The van der Waals surface area contributed by atoms with Crippen LogP contribution in [0.1, 0.15) is 47.0 Å². The molecule has 2 unspecified atom stereocenters. The molecule has 1 aromatic heterocycles. The molecule has 154 valence electrons. The van der Waals surface area contributed by atoms with Crippen molar-refractivity contribution in [2.24, 2.45) is 4.99 Å². The zero-order chi connectivity index (χ0) is 22.1. The number of allylic oxidation sites excluding steroid dienone is 2. The van der Waals surface area contributed by atoms with Gasteiger partial charge in [0.25, 0.3) is 0 Å². The molecule has 0 fully saturated rings. The van der Waals surface area contributed by atoms with E-state index >= 15 is 0 Å². The molecule has 2 heterocycles. The van der Waals surface area contributed by atoms with Crippen molar-refractivity contribution in [1.29, 1.82) is 5.26 Å². The number of halogens is 3. The summed E-state index contributed by atoms with van der Waals surface area (Å²) in [5, 5.41) is 11.6. The lowest BCUT2D eigenvalue weighted by atomic mass is 9.77. The highest BCUT2D eigenvalue weighted by atomic mass is 32.1. The Morgan fingerprint density at radius 1 is 1.33 bits per heavy atom. The van der Waals surface area contributed by atoms with E-state index in [1.807, 2.05) is 11.4 Å². The molecular weight excluding hydrogens is 413 g/mol. The maximum absolute atomic E-state index is 13.8. The minimum atomic E-state index is -4.78. The van der Waals surface area contributed by atoms with Crippen LogP contribution in [-0.2, 0) is 0 Å². The maximum Gasteiger partial charge on any atom is 0.423 e. The highest BCUT2D eigenvalue weighted by Crippen LogP contribution is 2.51. The normalized spacial score (nSPS) is 19.1. The van der Waals surface area contributed by atoms with Crippen molar-refractivity contribution in [2.45, 2.75) is 38.3 Å². The Hall–Kier alpha value is -3.17. The molecule has 0 bridgehead atoms. The van der Waals surface area contributed by atoms with Gasteiger partial charge in [0.1, 0.15) is 16.5 Å². The molecule has 2 aromatic rings. The summed E-state index contributed by atoms with van der Waals surface area (Å²) in [6.07, 6.45) is -4.51. The van der Waals surface area contributed by atoms with E-state index in [0.29, 0.717) is 21.8 Å². The molecule has 0 spiro atoms. The van der Waals surface area contributed by atoms with E-state index in [4.69, 9.17) is 11.3 Å². The molecule has 1 aliphatic rings. The van der Waals surface area contributed by atoms with Crippen LogP contribution < -0.4 is 4.74 Å². The predicted octanol–water partition coefficient (Wildman–Crippen LogP) is 5.76. The molecule has 3 rings (SSSR count). The minimum Gasteiger partial charge on any atom is -0.496 e. The van der Waals surface area contributed by atoms with E-state index in [0.717, 1.165) is 5.69 Å². The second-order valence-corrected chi connectivity index (χ2v) is 7.54. The average Bonchev–Trinajstić information content (AvgIpc) is 3.16. The van der Waals surface area contributed by atoms with Gasteiger partial charge in [0, 0.05) is 22.7 Å². The van der Waals surface area contributed by atoms with Gasteiger partial charge in [-0.3, -0.25) is 4.99 Å². The van der Waals surface area contributed by atoms with Gasteiger partial charge in [-0.25, -0.2) is 9.83 Å².